The number of rotatable bonds is 6. The molecule has 0 saturated carbocycles. The molecule has 7 nitrogen and oxygen atoms in total. The van der Waals surface area contributed by atoms with Crippen LogP contribution < -0.4 is 5.32 Å². The summed E-state index contributed by atoms with van der Waals surface area (Å²) in [6.07, 6.45) is 0.134. The van der Waals surface area contributed by atoms with E-state index in [2.05, 4.69) is 5.32 Å². The van der Waals surface area contributed by atoms with Gasteiger partial charge in [-0.05, 0) is 29.7 Å². The lowest BCUT2D eigenvalue weighted by atomic mass is 10.2. The third-order valence-electron chi connectivity index (χ3n) is 3.83. The molecule has 0 aliphatic rings. The predicted molar refractivity (Wildman–Crippen MR) is 101 cm³/mol. The Bertz CT molecular complexity index is 1040. The molecule has 26 heavy (non-hydrogen) atoms. The molecule has 1 aromatic heterocycles. The van der Waals surface area contributed by atoms with Gasteiger partial charge in [-0.15, -0.1) is 11.3 Å². The van der Waals surface area contributed by atoms with E-state index in [-0.39, 0.29) is 11.4 Å². The number of thiophene rings is 1. The highest BCUT2D eigenvalue weighted by molar-refractivity contribution is 7.90. The van der Waals surface area contributed by atoms with Crippen LogP contribution >= 0.6 is 11.3 Å². The lowest BCUT2D eigenvalue weighted by Crippen LogP contribution is -2.12. The van der Waals surface area contributed by atoms with E-state index in [1.54, 1.807) is 0 Å². The van der Waals surface area contributed by atoms with Crippen molar-refractivity contribution in [1.29, 1.82) is 0 Å². The summed E-state index contributed by atoms with van der Waals surface area (Å²) in [6, 6.07) is 13.5. The molecule has 0 fully saturated rings. The predicted octanol–water partition coefficient (Wildman–Crippen LogP) is 3.36. The van der Waals surface area contributed by atoms with E-state index in [1.165, 1.54) is 23.5 Å². The highest BCUT2D eigenvalue weighted by Gasteiger charge is 2.22. The van der Waals surface area contributed by atoms with Crippen LogP contribution in [0.3, 0.4) is 0 Å². The van der Waals surface area contributed by atoms with Crippen LogP contribution in [0, 0.1) is 10.1 Å². The molecule has 1 heterocycles. The molecular weight excluding hydrogens is 376 g/mol. The first-order valence-electron chi connectivity index (χ1n) is 7.64. The van der Waals surface area contributed by atoms with Crippen LogP contribution in [0.4, 0.5) is 11.4 Å². The van der Waals surface area contributed by atoms with Crippen molar-refractivity contribution >= 4 is 42.6 Å². The Balaban J connectivity index is 1.79. The van der Waals surface area contributed by atoms with Gasteiger partial charge in [-0.2, -0.15) is 0 Å². The van der Waals surface area contributed by atoms with Gasteiger partial charge < -0.3 is 10.4 Å². The molecule has 136 valence electrons. The molecular formula is C17H16N2O5S2. The Labute approximate surface area is 154 Å². The normalized spacial score (nSPS) is 12.8. The van der Waals surface area contributed by atoms with Crippen molar-refractivity contribution in [3.63, 3.8) is 0 Å². The molecule has 2 N–H and O–H groups in total. The van der Waals surface area contributed by atoms with Gasteiger partial charge in [0.15, 0.2) is 9.84 Å². The lowest BCUT2D eigenvalue weighted by molar-refractivity contribution is -0.387. The molecule has 0 aliphatic heterocycles. The monoisotopic (exact) mass is 392 g/mol. The van der Waals surface area contributed by atoms with Crippen molar-refractivity contribution in [2.75, 3.05) is 18.1 Å². The van der Waals surface area contributed by atoms with Gasteiger partial charge in [0.1, 0.15) is 11.0 Å². The SMILES string of the molecule is CS(=O)(=O)c1cc(NCC(O)c2cc3ccccc3s2)ccc1[N+](=O)[O-]. The maximum atomic E-state index is 11.8. The van der Waals surface area contributed by atoms with E-state index in [1.807, 2.05) is 30.3 Å². The summed E-state index contributed by atoms with van der Waals surface area (Å²) in [5, 5.41) is 25.4. The second-order valence-electron chi connectivity index (χ2n) is 5.80. The van der Waals surface area contributed by atoms with Crippen molar-refractivity contribution < 1.29 is 18.4 Å². The Morgan fingerprint density at radius 2 is 1.96 bits per heavy atom. The van der Waals surface area contributed by atoms with E-state index in [4.69, 9.17) is 0 Å². The van der Waals surface area contributed by atoms with Crippen molar-refractivity contribution in [3.8, 4) is 0 Å². The molecule has 3 aromatic rings. The lowest BCUT2D eigenvalue weighted by Gasteiger charge is -2.12. The molecule has 0 amide bonds. The van der Waals surface area contributed by atoms with E-state index >= 15 is 0 Å². The molecule has 1 unspecified atom stereocenters. The molecule has 0 spiro atoms. The highest BCUT2D eigenvalue weighted by atomic mass is 32.2. The molecule has 1 atom stereocenters. The van der Waals surface area contributed by atoms with E-state index < -0.39 is 26.6 Å². The number of hydrogen-bond donors (Lipinski definition) is 2. The minimum Gasteiger partial charge on any atom is -0.386 e. The average molecular weight is 392 g/mol. The van der Waals surface area contributed by atoms with Crippen molar-refractivity contribution in [3.05, 3.63) is 63.5 Å². The first kappa shape index (κ1) is 18.3. The van der Waals surface area contributed by atoms with Gasteiger partial charge in [0, 0.05) is 34.1 Å². The van der Waals surface area contributed by atoms with Crippen molar-refractivity contribution in [2.45, 2.75) is 11.0 Å². The zero-order valence-corrected chi connectivity index (χ0v) is 15.4. The van der Waals surface area contributed by atoms with Crippen LogP contribution in [-0.2, 0) is 9.84 Å². The van der Waals surface area contributed by atoms with Gasteiger partial charge in [0.2, 0.25) is 0 Å². The third kappa shape index (κ3) is 3.85. The first-order chi connectivity index (χ1) is 12.3. The number of benzene rings is 2. The molecule has 0 saturated heterocycles. The molecule has 3 rings (SSSR count). The number of sulfone groups is 1. The van der Waals surface area contributed by atoms with E-state index in [9.17, 15) is 23.6 Å². The van der Waals surface area contributed by atoms with E-state index in [0.29, 0.717) is 5.69 Å². The molecule has 2 aromatic carbocycles. The van der Waals surface area contributed by atoms with Crippen LogP contribution in [0.15, 0.2) is 53.4 Å². The Morgan fingerprint density at radius 3 is 2.62 bits per heavy atom. The summed E-state index contributed by atoms with van der Waals surface area (Å²) in [5.41, 5.74) is -0.0840. The standard InChI is InChI=1S/C17H16N2O5S2/c1-26(23,24)17-9-12(6-7-13(17)19(21)22)18-10-14(20)16-8-11-4-2-3-5-15(11)25-16/h2-9,14,18,20H,10H2,1H3. The number of nitrogens with zero attached hydrogens (tertiary/aromatic N) is 1. The zero-order valence-electron chi connectivity index (χ0n) is 13.7. The summed E-state index contributed by atoms with van der Waals surface area (Å²) in [7, 11) is -3.75. The number of anilines is 1. The van der Waals surface area contributed by atoms with Crippen LogP contribution in [0.1, 0.15) is 11.0 Å². The molecule has 0 radical (unpaired) electrons. The fourth-order valence-electron chi connectivity index (χ4n) is 2.55. The number of nitro benzene ring substituents is 1. The first-order valence-corrected chi connectivity index (χ1v) is 10.4. The van der Waals surface area contributed by atoms with Crippen LogP contribution in [-0.4, -0.2) is 31.2 Å². The quantitative estimate of drug-likeness (QED) is 0.492. The van der Waals surface area contributed by atoms with Gasteiger partial charge >= 0.3 is 0 Å². The van der Waals surface area contributed by atoms with E-state index in [0.717, 1.165) is 27.3 Å². The second-order valence-corrected chi connectivity index (χ2v) is 8.89. The molecule has 9 heteroatoms. The van der Waals surface area contributed by atoms with Crippen LogP contribution in [0.2, 0.25) is 0 Å². The Kier molecular flexibility index (Phi) is 4.94. The minimum absolute atomic E-state index is 0.147. The fourth-order valence-corrected chi connectivity index (χ4v) is 4.47. The third-order valence-corrected chi connectivity index (χ3v) is 6.17. The summed E-state index contributed by atoms with van der Waals surface area (Å²) in [4.78, 5) is 10.7. The van der Waals surface area contributed by atoms with Gasteiger partial charge in [-0.3, -0.25) is 10.1 Å². The fraction of sp³-hybridized carbons (Fsp3) is 0.176. The molecule has 0 bridgehead atoms. The van der Waals surface area contributed by atoms with Gasteiger partial charge in [-0.25, -0.2) is 8.42 Å². The van der Waals surface area contributed by atoms with Gasteiger partial charge in [-0.1, -0.05) is 18.2 Å². The average Bonchev–Trinajstić information content (AvgIpc) is 3.02. The number of nitrogens with one attached hydrogen (secondary N) is 1. The molecule has 0 aliphatic carbocycles. The minimum atomic E-state index is -3.75. The maximum absolute atomic E-state index is 11.8. The number of hydrogen-bond acceptors (Lipinski definition) is 7. The van der Waals surface area contributed by atoms with Crippen LogP contribution in [0.5, 0.6) is 0 Å². The summed E-state index contributed by atoms with van der Waals surface area (Å²) < 4.78 is 24.6. The summed E-state index contributed by atoms with van der Waals surface area (Å²) in [5.74, 6) is 0. The van der Waals surface area contributed by atoms with Gasteiger partial charge in [0.25, 0.3) is 5.69 Å². The maximum Gasteiger partial charge on any atom is 0.288 e. The number of fused-ring (bicyclic) bond motifs is 1. The topological polar surface area (TPSA) is 110 Å². The summed E-state index contributed by atoms with van der Waals surface area (Å²) in [6.45, 7) is 0.147. The zero-order chi connectivity index (χ0) is 18.9. The number of aliphatic hydroxyl groups is 1. The summed E-state index contributed by atoms with van der Waals surface area (Å²) >= 11 is 1.48. The number of aliphatic hydroxyl groups excluding tert-OH is 1. The van der Waals surface area contributed by atoms with Crippen molar-refractivity contribution in [1.82, 2.24) is 0 Å². The second kappa shape index (κ2) is 7.02. The smallest absolute Gasteiger partial charge is 0.288 e. The number of nitro groups is 1. The Hall–Kier alpha value is -2.49. The Morgan fingerprint density at radius 1 is 1.23 bits per heavy atom. The van der Waals surface area contributed by atoms with Gasteiger partial charge in [0.05, 0.1) is 4.92 Å². The highest BCUT2D eigenvalue weighted by Crippen LogP contribution is 2.31. The largest absolute Gasteiger partial charge is 0.386 e. The van der Waals surface area contributed by atoms with Crippen LogP contribution in [0.25, 0.3) is 10.1 Å². The van der Waals surface area contributed by atoms with Crippen molar-refractivity contribution in [2.24, 2.45) is 0 Å².